The number of hydrogen-bond donors (Lipinski definition) is 4. The van der Waals surface area contributed by atoms with Gasteiger partial charge in [-0.15, -0.1) is 5.06 Å². The van der Waals surface area contributed by atoms with E-state index in [9.17, 15) is 79.2 Å². The first kappa shape index (κ1) is 72.9. The first-order valence-electron chi connectivity index (χ1n) is 29.5. The van der Waals surface area contributed by atoms with E-state index in [0.29, 0.717) is 108 Å². The minimum absolute atomic E-state index is 0.00116. The van der Waals surface area contributed by atoms with Crippen LogP contribution in [0.2, 0.25) is 0 Å². The number of ether oxygens (including phenoxy) is 5. The predicted octanol–water partition coefficient (Wildman–Crippen LogP) is 6.99. The monoisotopic (exact) mass is 1410 g/mol. The highest BCUT2D eigenvalue weighted by Crippen LogP contribution is 2.55. The van der Waals surface area contributed by atoms with Crippen molar-refractivity contribution >= 4 is 119 Å². The molecular weight excluding hydrogens is 1340 g/mol. The number of imide groups is 1. The maximum absolute atomic E-state index is 13.3. The molecule has 4 aromatic carbocycles. The maximum Gasteiger partial charge on any atom is 0.333 e. The fourth-order valence-corrected chi connectivity index (χ4v) is 15.8. The van der Waals surface area contributed by atoms with Crippen molar-refractivity contribution in [3.63, 3.8) is 0 Å². The number of methoxy groups -OCH3 is 1. The number of carbonyl (C=O) groups is 3. The van der Waals surface area contributed by atoms with Gasteiger partial charge < -0.3 is 38.0 Å². The number of carbonyl (C=O) groups excluding carboxylic acids is 3. The largest absolute Gasteiger partial charge is 0.744 e. The molecule has 1 aliphatic carbocycles. The molecule has 93 heavy (non-hydrogen) atoms. The third-order valence-electron chi connectivity index (χ3n) is 16.6. The average molecular weight is 1420 g/mol. The molecule has 0 aromatic heterocycles. The molecule has 2 atom stereocenters. The summed E-state index contributed by atoms with van der Waals surface area (Å²) in [6, 6.07) is 9.13. The summed E-state index contributed by atoms with van der Waals surface area (Å²) >= 11 is 7.41. The lowest BCUT2D eigenvalue weighted by Crippen LogP contribution is -2.34. The van der Waals surface area contributed by atoms with Crippen molar-refractivity contribution < 1.29 is 112 Å². The second-order valence-electron chi connectivity index (χ2n) is 22.8. The molecule has 8 rings (SSSR count). The molecule has 4 aromatic rings. The molecule has 508 valence electrons. The normalized spacial score (nSPS) is 20.1. The highest BCUT2D eigenvalue weighted by atomic mass is 35.5. The molecule has 2 amide bonds. The van der Waals surface area contributed by atoms with Gasteiger partial charge in [-0.2, -0.15) is 38.2 Å². The molecular formula is C60H72ClN3O24S5. The Labute approximate surface area is 544 Å². The molecule has 2 unspecified atom stereocenters. The van der Waals surface area contributed by atoms with Crippen LogP contribution in [0.5, 0.6) is 0 Å². The Balaban J connectivity index is 1.22. The fourth-order valence-electron chi connectivity index (χ4n) is 12.3. The summed E-state index contributed by atoms with van der Waals surface area (Å²) in [5.41, 5.74) is 1.00. The summed E-state index contributed by atoms with van der Waals surface area (Å²) < 4.78 is 210. The van der Waals surface area contributed by atoms with Gasteiger partial charge in [0.25, 0.3) is 52.3 Å². The number of benzene rings is 4. The maximum atomic E-state index is 13.3. The van der Waals surface area contributed by atoms with Gasteiger partial charge in [0, 0.05) is 89.8 Å². The number of amides is 2. The minimum Gasteiger partial charge on any atom is -0.744 e. The molecule has 3 aliphatic heterocycles. The van der Waals surface area contributed by atoms with Crippen molar-refractivity contribution in [1.29, 1.82) is 0 Å². The number of hydroxylamine groups is 2. The van der Waals surface area contributed by atoms with Gasteiger partial charge in [-0.05, 0) is 129 Å². The molecule has 27 nitrogen and oxygen atoms in total. The van der Waals surface area contributed by atoms with E-state index in [4.69, 9.17) is 40.1 Å². The molecule has 0 saturated carbocycles. The second kappa shape index (κ2) is 29.6. The lowest BCUT2D eigenvalue weighted by Gasteiger charge is -2.30. The van der Waals surface area contributed by atoms with Crippen LogP contribution in [-0.2, 0) is 104 Å². The smallest absolute Gasteiger partial charge is 0.333 e. The van der Waals surface area contributed by atoms with Crippen LogP contribution in [-0.4, -0.2) is 183 Å². The van der Waals surface area contributed by atoms with E-state index in [-0.39, 0.29) is 118 Å². The van der Waals surface area contributed by atoms with Crippen molar-refractivity contribution in [3.05, 3.63) is 106 Å². The number of anilines is 1. The zero-order chi connectivity index (χ0) is 68.1. The van der Waals surface area contributed by atoms with Gasteiger partial charge in [0.2, 0.25) is 5.69 Å². The first-order valence-corrected chi connectivity index (χ1v) is 37.2. The van der Waals surface area contributed by atoms with Crippen LogP contribution in [0.4, 0.5) is 11.4 Å². The van der Waals surface area contributed by atoms with E-state index in [1.54, 1.807) is 62.8 Å². The van der Waals surface area contributed by atoms with Crippen molar-refractivity contribution in [2.24, 2.45) is 0 Å². The van der Waals surface area contributed by atoms with Crippen LogP contribution in [0.3, 0.4) is 0 Å². The Bertz CT molecular complexity index is 4360. The van der Waals surface area contributed by atoms with E-state index in [1.807, 2.05) is 4.90 Å². The third-order valence-corrected chi connectivity index (χ3v) is 21.4. The molecule has 1 fully saturated rings. The van der Waals surface area contributed by atoms with Gasteiger partial charge >= 0.3 is 5.97 Å². The summed E-state index contributed by atoms with van der Waals surface area (Å²) in [4.78, 5) is 41.5. The fraction of sp³-hybridized carbons (Fsp3) is 0.467. The highest BCUT2D eigenvalue weighted by Gasteiger charge is 2.50. The van der Waals surface area contributed by atoms with Gasteiger partial charge in [-0.1, -0.05) is 29.8 Å². The van der Waals surface area contributed by atoms with Gasteiger partial charge in [-0.25, -0.2) is 13.2 Å². The standard InChI is InChI=1S/C60H72ClN3O24S5/c1-5-62-47-16-14-43-45(35-41(90(71,72)73)37-49(43)92(77,78)79)56(47)59(2,22-8-34-89(68,69)70)51(62)18-12-39-9-6-10-40(58(39)61)13-19-52-60(3,23-25-84-28-29-86-32-33-87-31-30-85-27-26-83-4)57-46-36-42(91(74,75)76)38-50(93(80,81)82)44(46)15-17-48(57)63(52)24-7-11-55(67)88-64-53(65)20-21-54(64)66/h12-19,35-38H,5-11,20-34H2,1-4H3,(H4-,68,69,70,71,72,73,74,75,76,77,78,79,80,81,82). The van der Waals surface area contributed by atoms with Crippen molar-refractivity contribution in [3.8, 4) is 0 Å². The summed E-state index contributed by atoms with van der Waals surface area (Å²) in [6.45, 7) is 7.82. The Morgan fingerprint density at radius 2 is 1.22 bits per heavy atom. The number of allylic oxidation sites excluding steroid dienone is 8. The molecule has 33 heteroatoms. The second-order valence-corrected chi connectivity index (χ2v) is 30.3. The predicted molar refractivity (Wildman–Crippen MR) is 337 cm³/mol. The van der Waals surface area contributed by atoms with Gasteiger partial charge in [0.15, 0.2) is 5.71 Å². The Kier molecular flexibility index (Phi) is 23.2. The average Bonchev–Trinajstić information content (AvgIpc) is 1.60. The van der Waals surface area contributed by atoms with Crippen molar-refractivity contribution in [2.45, 2.75) is 115 Å². The number of likely N-dealkylation sites (N-methyl/N-ethyl adjacent to an activating group) is 1. The summed E-state index contributed by atoms with van der Waals surface area (Å²) in [5, 5.41) is 0.399. The van der Waals surface area contributed by atoms with Crippen LogP contribution in [0.15, 0.2) is 114 Å². The molecule has 0 radical (unpaired) electrons. The molecule has 4 aliphatic rings. The molecule has 3 heterocycles. The van der Waals surface area contributed by atoms with E-state index in [2.05, 4.69) is 0 Å². The third kappa shape index (κ3) is 16.8. The van der Waals surface area contributed by atoms with Gasteiger partial charge in [0.1, 0.15) is 21.6 Å². The molecule has 1 saturated heterocycles. The van der Waals surface area contributed by atoms with Crippen LogP contribution < -0.4 is 4.90 Å². The quantitative estimate of drug-likeness (QED) is 0.0165. The number of nitrogens with zero attached hydrogens (tertiary/aromatic N) is 3. The summed E-state index contributed by atoms with van der Waals surface area (Å²) in [6.07, 6.45) is 7.62. The Morgan fingerprint density at radius 3 is 1.77 bits per heavy atom. The van der Waals surface area contributed by atoms with Crippen molar-refractivity contribution in [1.82, 2.24) is 5.06 Å². The highest BCUT2D eigenvalue weighted by molar-refractivity contribution is 7.87. The number of hydrogen-bond acceptors (Lipinski definition) is 21. The SMILES string of the molecule is CCN1C(=CC=C2CCCC(C=CC3=[N+](CCCC(=O)ON4C(=O)CCC4=O)c4ccc5c(S(=O)(=O)[O-])cc(S(=O)(=O)O)cc5c4C3(C)CCOCCOCCOCCOCCOC)=C2Cl)C(C)(CCCS(=O)(=O)O)c2c1ccc1c(S(=O)(=O)O)cc(S(=O)(=O)O)cc21. The van der Waals surface area contributed by atoms with E-state index < -0.39 is 105 Å². The van der Waals surface area contributed by atoms with Gasteiger partial charge in [-0.3, -0.25) is 27.8 Å². The topological polar surface area (TPSA) is 391 Å². The summed E-state index contributed by atoms with van der Waals surface area (Å²) in [7, 11) is -23.8. The van der Waals surface area contributed by atoms with Crippen LogP contribution in [0.1, 0.15) is 96.1 Å². The number of fused-ring (bicyclic) bond motifs is 6. The van der Waals surface area contributed by atoms with Crippen molar-refractivity contribution in [2.75, 3.05) is 90.3 Å². The van der Waals surface area contributed by atoms with Gasteiger partial charge in [0.05, 0.1) is 85.1 Å². The lowest BCUT2D eigenvalue weighted by atomic mass is 9.74. The first-order chi connectivity index (χ1) is 43.6. The van der Waals surface area contributed by atoms with Crippen LogP contribution in [0.25, 0.3) is 21.5 Å². The van der Waals surface area contributed by atoms with E-state index in [0.717, 1.165) is 12.1 Å². The zero-order valence-corrected chi connectivity index (χ0v) is 56.0. The molecule has 4 N–H and O–H groups in total. The number of rotatable bonds is 32. The summed E-state index contributed by atoms with van der Waals surface area (Å²) in [5.74, 6) is -2.98. The lowest BCUT2D eigenvalue weighted by molar-refractivity contribution is -0.438. The zero-order valence-electron chi connectivity index (χ0n) is 51.2. The van der Waals surface area contributed by atoms with Crippen LogP contribution >= 0.6 is 11.6 Å². The molecule has 0 spiro atoms. The number of halogens is 1. The van der Waals surface area contributed by atoms with Crippen LogP contribution in [0, 0.1) is 0 Å². The Hall–Kier alpha value is -5.92. The van der Waals surface area contributed by atoms with E-state index in [1.165, 1.54) is 18.2 Å². The Morgan fingerprint density at radius 1 is 0.656 bits per heavy atom. The molecule has 0 bridgehead atoms. The van der Waals surface area contributed by atoms with E-state index >= 15 is 0 Å². The minimum atomic E-state index is -5.42.